The van der Waals surface area contributed by atoms with Crippen LogP contribution in [0.3, 0.4) is 0 Å². The molecule has 0 aromatic heterocycles. The van der Waals surface area contributed by atoms with Gasteiger partial charge in [0, 0.05) is 18.6 Å². The Morgan fingerprint density at radius 1 is 1.06 bits per heavy atom. The number of benzene rings is 3. The van der Waals surface area contributed by atoms with Gasteiger partial charge >= 0.3 is 5.97 Å². The summed E-state index contributed by atoms with van der Waals surface area (Å²) in [5.74, 6) is 6.21. The van der Waals surface area contributed by atoms with Crippen molar-refractivity contribution < 1.29 is 19.4 Å². The van der Waals surface area contributed by atoms with E-state index in [9.17, 15) is 9.90 Å². The molecule has 1 atom stereocenters. The molecule has 31 heavy (non-hydrogen) atoms. The summed E-state index contributed by atoms with van der Waals surface area (Å²) in [4.78, 5) is 11.2. The lowest BCUT2D eigenvalue weighted by Gasteiger charge is -2.12. The van der Waals surface area contributed by atoms with E-state index in [1.54, 1.807) is 6.92 Å². The second-order valence-electron chi connectivity index (χ2n) is 7.11. The lowest BCUT2D eigenvalue weighted by Crippen LogP contribution is -2.26. The highest BCUT2D eigenvalue weighted by Gasteiger charge is 2.17. The number of carboxylic acids is 1. The zero-order chi connectivity index (χ0) is 22.1. The van der Waals surface area contributed by atoms with Gasteiger partial charge in [-0.15, -0.1) is 0 Å². The predicted molar refractivity (Wildman–Crippen MR) is 123 cm³/mol. The number of hydrogen-bond acceptors (Lipinski definition) is 3. The second kappa shape index (κ2) is 11.0. The first-order valence-electron chi connectivity index (χ1n) is 10.3. The van der Waals surface area contributed by atoms with Crippen LogP contribution in [0.15, 0.2) is 78.4 Å². The minimum atomic E-state index is -0.951. The summed E-state index contributed by atoms with van der Waals surface area (Å²) in [5.41, 5.74) is 2.83. The molecule has 4 nitrogen and oxygen atoms in total. The van der Waals surface area contributed by atoms with Crippen LogP contribution in [-0.4, -0.2) is 30.4 Å². The van der Waals surface area contributed by atoms with Gasteiger partial charge in [0.2, 0.25) is 0 Å². The van der Waals surface area contributed by atoms with Gasteiger partial charge in [-0.05, 0) is 60.0 Å². The molecule has 0 aliphatic rings. The fourth-order valence-corrected chi connectivity index (χ4v) is 3.17. The standard InChI is InChI=1S/C27H26O4/c1-3-30-26(27(28)29)19-21-12-15-24(16-13-21)31-18-17-20(2)11-14-23-9-6-8-22-7-4-5-10-25(22)23/h4-10,12-13,15-17,26H,3,18-19H2,1-2H3,(H,28,29)/t26-/m0/s1. The van der Waals surface area contributed by atoms with Crippen LogP contribution in [0.1, 0.15) is 25.0 Å². The second-order valence-corrected chi connectivity index (χ2v) is 7.11. The number of allylic oxidation sites excluding steroid dienone is 1. The van der Waals surface area contributed by atoms with Crippen LogP contribution in [0.4, 0.5) is 0 Å². The maximum absolute atomic E-state index is 11.2. The van der Waals surface area contributed by atoms with Gasteiger partial charge in [0.05, 0.1) is 0 Å². The molecular weight excluding hydrogens is 388 g/mol. The largest absolute Gasteiger partial charge is 0.490 e. The molecule has 0 spiro atoms. The molecule has 0 heterocycles. The minimum absolute atomic E-state index is 0.326. The van der Waals surface area contributed by atoms with E-state index in [1.165, 1.54) is 5.39 Å². The number of rotatable bonds is 8. The van der Waals surface area contributed by atoms with Crippen LogP contribution in [-0.2, 0) is 16.0 Å². The van der Waals surface area contributed by atoms with E-state index in [1.807, 2.05) is 61.5 Å². The first-order chi connectivity index (χ1) is 15.1. The molecule has 158 valence electrons. The monoisotopic (exact) mass is 414 g/mol. The molecule has 0 bridgehead atoms. The summed E-state index contributed by atoms with van der Waals surface area (Å²) in [6.45, 7) is 4.53. The van der Waals surface area contributed by atoms with Crippen LogP contribution < -0.4 is 4.74 Å². The van der Waals surface area contributed by atoms with E-state index in [-0.39, 0.29) is 0 Å². The maximum atomic E-state index is 11.2. The summed E-state index contributed by atoms with van der Waals surface area (Å²) in [5, 5.41) is 11.5. The third kappa shape index (κ3) is 6.47. The van der Waals surface area contributed by atoms with Gasteiger partial charge in [-0.3, -0.25) is 0 Å². The maximum Gasteiger partial charge on any atom is 0.333 e. The average Bonchev–Trinajstić information content (AvgIpc) is 2.78. The molecule has 0 aliphatic carbocycles. The van der Waals surface area contributed by atoms with Gasteiger partial charge < -0.3 is 14.6 Å². The Hall–Kier alpha value is -3.55. The van der Waals surface area contributed by atoms with Crippen LogP contribution >= 0.6 is 0 Å². The molecule has 0 saturated carbocycles. The number of ether oxygens (including phenoxy) is 2. The normalized spacial score (nSPS) is 12.1. The average molecular weight is 415 g/mol. The molecule has 0 saturated heterocycles. The van der Waals surface area contributed by atoms with Crippen LogP contribution in [0.25, 0.3) is 10.8 Å². The van der Waals surface area contributed by atoms with Crippen LogP contribution in [0, 0.1) is 11.8 Å². The molecule has 0 fully saturated rings. The van der Waals surface area contributed by atoms with E-state index >= 15 is 0 Å². The van der Waals surface area contributed by atoms with E-state index in [0.717, 1.165) is 27.8 Å². The van der Waals surface area contributed by atoms with Gasteiger partial charge in [-0.25, -0.2) is 4.79 Å². The van der Waals surface area contributed by atoms with Crippen LogP contribution in [0.5, 0.6) is 5.75 Å². The highest BCUT2D eigenvalue weighted by atomic mass is 16.5. The van der Waals surface area contributed by atoms with Crippen molar-refractivity contribution >= 4 is 16.7 Å². The van der Waals surface area contributed by atoms with Gasteiger partial charge in [-0.2, -0.15) is 0 Å². The highest BCUT2D eigenvalue weighted by Crippen LogP contribution is 2.18. The smallest absolute Gasteiger partial charge is 0.333 e. The van der Waals surface area contributed by atoms with E-state index in [2.05, 4.69) is 30.0 Å². The van der Waals surface area contributed by atoms with Gasteiger partial charge in [0.25, 0.3) is 0 Å². The third-order valence-corrected chi connectivity index (χ3v) is 4.81. The fourth-order valence-electron chi connectivity index (χ4n) is 3.17. The molecule has 0 radical (unpaired) electrons. The number of carboxylic acid groups (broad SMARTS) is 1. The minimum Gasteiger partial charge on any atom is -0.490 e. The first kappa shape index (κ1) is 22.1. The van der Waals surface area contributed by atoms with E-state index < -0.39 is 12.1 Å². The van der Waals surface area contributed by atoms with Crippen molar-refractivity contribution in [3.63, 3.8) is 0 Å². The Morgan fingerprint density at radius 3 is 2.55 bits per heavy atom. The zero-order valence-electron chi connectivity index (χ0n) is 17.8. The number of hydrogen-bond donors (Lipinski definition) is 1. The lowest BCUT2D eigenvalue weighted by molar-refractivity contribution is -0.149. The third-order valence-electron chi connectivity index (χ3n) is 4.81. The quantitative estimate of drug-likeness (QED) is 0.512. The molecule has 3 aromatic rings. The van der Waals surface area contributed by atoms with Crippen LogP contribution in [0.2, 0.25) is 0 Å². The number of carbonyl (C=O) groups is 1. The Bertz CT molecular complexity index is 1110. The summed E-state index contributed by atoms with van der Waals surface area (Å²) in [7, 11) is 0. The molecule has 3 aromatic carbocycles. The number of fused-ring (bicyclic) bond motifs is 1. The molecular formula is C27H26O4. The molecule has 3 rings (SSSR count). The van der Waals surface area contributed by atoms with Crippen molar-refractivity contribution in [2.45, 2.75) is 26.4 Å². The van der Waals surface area contributed by atoms with E-state index in [0.29, 0.717) is 19.6 Å². The van der Waals surface area contributed by atoms with Gasteiger partial charge in [-0.1, -0.05) is 60.4 Å². The number of aliphatic carboxylic acids is 1. The predicted octanol–water partition coefficient (Wildman–Crippen LogP) is 5.25. The van der Waals surface area contributed by atoms with Gasteiger partial charge in [0.15, 0.2) is 6.10 Å². The van der Waals surface area contributed by atoms with Crippen molar-refractivity contribution in [2.75, 3.05) is 13.2 Å². The Kier molecular flexibility index (Phi) is 7.86. The lowest BCUT2D eigenvalue weighted by atomic mass is 10.0. The molecule has 0 unspecified atom stereocenters. The Morgan fingerprint density at radius 2 is 1.81 bits per heavy atom. The molecule has 1 N–H and O–H groups in total. The topological polar surface area (TPSA) is 55.8 Å². The summed E-state index contributed by atoms with van der Waals surface area (Å²) in [6.07, 6.45) is 1.44. The summed E-state index contributed by atoms with van der Waals surface area (Å²) < 4.78 is 11.0. The molecule has 0 aliphatic heterocycles. The summed E-state index contributed by atoms with van der Waals surface area (Å²) in [6, 6.07) is 21.7. The van der Waals surface area contributed by atoms with Crippen molar-refractivity contribution in [1.82, 2.24) is 0 Å². The zero-order valence-corrected chi connectivity index (χ0v) is 17.8. The van der Waals surface area contributed by atoms with Crippen molar-refractivity contribution in [3.8, 4) is 17.6 Å². The Balaban J connectivity index is 1.57. The van der Waals surface area contributed by atoms with Crippen molar-refractivity contribution in [3.05, 3.63) is 89.5 Å². The highest BCUT2D eigenvalue weighted by molar-refractivity contribution is 5.88. The van der Waals surface area contributed by atoms with Crippen molar-refractivity contribution in [1.29, 1.82) is 0 Å². The Labute approximate surface area is 183 Å². The van der Waals surface area contributed by atoms with E-state index in [4.69, 9.17) is 9.47 Å². The molecule has 4 heteroatoms. The van der Waals surface area contributed by atoms with Gasteiger partial charge in [0.1, 0.15) is 12.4 Å². The summed E-state index contributed by atoms with van der Waals surface area (Å²) >= 11 is 0. The van der Waals surface area contributed by atoms with Crippen molar-refractivity contribution in [2.24, 2.45) is 0 Å². The SMILES string of the molecule is CCO[C@@H](Cc1ccc(OCC=C(C)C#Cc2cccc3ccccc23)cc1)C(=O)O. The fraction of sp³-hybridized carbons (Fsp3) is 0.222. The first-order valence-corrected chi connectivity index (χ1v) is 10.3. The molecule has 0 amide bonds.